The molecule has 2 aromatic rings. The Morgan fingerprint density at radius 3 is 3.10 bits per heavy atom. The maximum absolute atomic E-state index is 11.8. The molecule has 0 fully saturated rings. The van der Waals surface area contributed by atoms with Crippen LogP contribution in [-0.4, -0.2) is 30.8 Å². The lowest BCUT2D eigenvalue weighted by Gasteiger charge is -2.16. The summed E-state index contributed by atoms with van der Waals surface area (Å²) in [6.07, 6.45) is 5.98. The van der Waals surface area contributed by atoms with Gasteiger partial charge in [0.05, 0.1) is 25.7 Å². The van der Waals surface area contributed by atoms with E-state index < -0.39 is 0 Å². The summed E-state index contributed by atoms with van der Waals surface area (Å²) in [6, 6.07) is 5.64. The molecule has 6 heteroatoms. The number of nitrogens with one attached hydrogen (secondary N) is 1. The van der Waals surface area contributed by atoms with Gasteiger partial charge in [0.25, 0.3) is 0 Å². The van der Waals surface area contributed by atoms with Crippen molar-refractivity contribution in [2.24, 2.45) is 0 Å². The Morgan fingerprint density at radius 2 is 2.43 bits per heavy atom. The summed E-state index contributed by atoms with van der Waals surface area (Å²) in [5.74, 6) is -0.203. The fourth-order valence-corrected chi connectivity index (χ4v) is 2.48. The Hall–Kier alpha value is -1.89. The average molecular weight is 307 g/mol. The molecule has 0 aliphatic rings. The van der Waals surface area contributed by atoms with Crippen LogP contribution in [0, 0.1) is 0 Å². The summed E-state index contributed by atoms with van der Waals surface area (Å²) in [7, 11) is 0. The fourth-order valence-electron chi connectivity index (χ4n) is 1.71. The van der Waals surface area contributed by atoms with E-state index in [0.717, 1.165) is 10.4 Å². The minimum absolute atomic E-state index is 0.0454. The summed E-state index contributed by atoms with van der Waals surface area (Å²) in [4.78, 5) is 12.8. The lowest BCUT2D eigenvalue weighted by atomic mass is 10.2. The highest BCUT2D eigenvalue weighted by Crippen LogP contribution is 2.21. The average Bonchev–Trinajstić information content (AvgIpc) is 3.18. The topological polar surface area (TPSA) is 71.7 Å². The number of hydrogen-bond donors (Lipinski definition) is 2. The van der Waals surface area contributed by atoms with Crippen molar-refractivity contribution in [3.05, 3.63) is 52.6 Å². The zero-order valence-corrected chi connectivity index (χ0v) is 12.2. The van der Waals surface area contributed by atoms with Crippen LogP contribution in [0.3, 0.4) is 0 Å². The molecule has 0 saturated heterocycles. The highest BCUT2D eigenvalue weighted by Gasteiger charge is 2.13. The van der Waals surface area contributed by atoms with Gasteiger partial charge < -0.3 is 19.6 Å². The number of aliphatic hydroxyl groups excluding tert-OH is 1. The lowest BCUT2D eigenvalue weighted by molar-refractivity contribution is -0.117. The molecule has 1 atom stereocenters. The normalized spacial score (nSPS) is 12.6. The largest absolute Gasteiger partial charge is 0.472 e. The molecule has 0 bridgehead atoms. The second-order valence-corrected chi connectivity index (χ2v) is 5.21. The first-order valence-corrected chi connectivity index (χ1v) is 7.41. The summed E-state index contributed by atoms with van der Waals surface area (Å²) >= 11 is 1.56. The van der Waals surface area contributed by atoms with E-state index in [1.165, 1.54) is 6.08 Å². The van der Waals surface area contributed by atoms with Gasteiger partial charge in [0.2, 0.25) is 5.91 Å². The van der Waals surface area contributed by atoms with Crippen LogP contribution in [0.4, 0.5) is 0 Å². The number of aliphatic hydroxyl groups is 1. The van der Waals surface area contributed by atoms with Gasteiger partial charge in [-0.2, -0.15) is 0 Å². The van der Waals surface area contributed by atoms with E-state index in [9.17, 15) is 4.79 Å². The third kappa shape index (κ3) is 5.18. The Kier molecular flexibility index (Phi) is 6.21. The number of carbonyl (C=O) groups is 1. The molecule has 2 aromatic heterocycles. The molecular weight excluding hydrogens is 290 g/mol. The first-order valence-electron chi connectivity index (χ1n) is 6.53. The summed E-state index contributed by atoms with van der Waals surface area (Å²) in [6.45, 7) is 0.550. The zero-order valence-electron chi connectivity index (χ0n) is 11.4. The van der Waals surface area contributed by atoms with Crippen LogP contribution in [0.15, 0.2) is 46.6 Å². The molecular formula is C15H17NO4S. The number of amides is 1. The Balaban J connectivity index is 1.84. The van der Waals surface area contributed by atoms with E-state index in [1.807, 2.05) is 17.5 Å². The van der Waals surface area contributed by atoms with E-state index in [2.05, 4.69) is 5.32 Å². The maximum atomic E-state index is 11.8. The van der Waals surface area contributed by atoms with Gasteiger partial charge in [0, 0.05) is 23.1 Å². The summed E-state index contributed by atoms with van der Waals surface area (Å²) in [5.41, 5.74) is 0.830. The summed E-state index contributed by atoms with van der Waals surface area (Å²) in [5, 5.41) is 13.6. The van der Waals surface area contributed by atoms with Gasteiger partial charge in [-0.15, -0.1) is 11.3 Å². The Morgan fingerprint density at radius 1 is 1.52 bits per heavy atom. The van der Waals surface area contributed by atoms with Crippen molar-refractivity contribution in [1.82, 2.24) is 5.32 Å². The smallest absolute Gasteiger partial charge is 0.244 e. The number of thiophene rings is 1. The van der Waals surface area contributed by atoms with Crippen molar-refractivity contribution in [2.45, 2.75) is 6.10 Å². The van der Waals surface area contributed by atoms with Crippen LogP contribution in [0.1, 0.15) is 16.5 Å². The van der Waals surface area contributed by atoms with Crippen molar-refractivity contribution in [1.29, 1.82) is 0 Å². The predicted octanol–water partition coefficient (Wildman–Crippen LogP) is 2.22. The van der Waals surface area contributed by atoms with Gasteiger partial charge in [-0.25, -0.2) is 0 Å². The van der Waals surface area contributed by atoms with E-state index in [-0.39, 0.29) is 25.2 Å². The van der Waals surface area contributed by atoms with E-state index in [0.29, 0.717) is 6.54 Å². The number of hydrogen-bond acceptors (Lipinski definition) is 5. The number of carbonyl (C=O) groups excluding carboxylic acids is 1. The van der Waals surface area contributed by atoms with Crippen molar-refractivity contribution in [3.63, 3.8) is 0 Å². The highest BCUT2D eigenvalue weighted by molar-refractivity contribution is 7.10. The number of rotatable bonds is 8. The molecule has 0 aliphatic heterocycles. The van der Waals surface area contributed by atoms with Crippen molar-refractivity contribution >= 4 is 23.3 Å². The quantitative estimate of drug-likeness (QED) is 0.734. The third-order valence-electron chi connectivity index (χ3n) is 2.70. The Labute approximate surface area is 126 Å². The van der Waals surface area contributed by atoms with Gasteiger partial charge in [-0.1, -0.05) is 6.07 Å². The minimum atomic E-state index is -0.247. The molecule has 0 aliphatic carbocycles. The van der Waals surface area contributed by atoms with E-state index >= 15 is 0 Å². The van der Waals surface area contributed by atoms with Crippen molar-refractivity contribution < 1.29 is 19.1 Å². The molecule has 0 radical (unpaired) electrons. The van der Waals surface area contributed by atoms with Crippen LogP contribution in [-0.2, 0) is 9.53 Å². The molecule has 2 heterocycles. The first kappa shape index (κ1) is 15.5. The van der Waals surface area contributed by atoms with Crippen LogP contribution in [0.2, 0.25) is 0 Å². The van der Waals surface area contributed by atoms with Crippen molar-refractivity contribution in [3.8, 4) is 0 Å². The highest BCUT2D eigenvalue weighted by atomic mass is 32.1. The minimum Gasteiger partial charge on any atom is -0.472 e. The predicted molar refractivity (Wildman–Crippen MR) is 80.8 cm³/mol. The van der Waals surface area contributed by atoms with Gasteiger partial charge in [-0.3, -0.25) is 4.79 Å². The summed E-state index contributed by atoms with van der Waals surface area (Å²) < 4.78 is 10.5. The van der Waals surface area contributed by atoms with E-state index in [4.69, 9.17) is 14.3 Å². The Bertz CT molecular complexity index is 548. The molecule has 5 nitrogen and oxygen atoms in total. The number of ether oxygens (including phenoxy) is 1. The van der Waals surface area contributed by atoms with Crippen LogP contribution < -0.4 is 5.32 Å². The van der Waals surface area contributed by atoms with Gasteiger partial charge in [0.15, 0.2) is 0 Å². The molecule has 1 amide bonds. The molecule has 0 saturated carbocycles. The molecule has 2 rings (SSSR count). The second-order valence-electron chi connectivity index (χ2n) is 4.23. The maximum Gasteiger partial charge on any atom is 0.244 e. The van der Waals surface area contributed by atoms with Gasteiger partial charge in [0.1, 0.15) is 6.10 Å². The molecule has 0 spiro atoms. The molecule has 0 aromatic carbocycles. The van der Waals surface area contributed by atoms with Gasteiger partial charge >= 0.3 is 0 Å². The standard InChI is InChI=1S/C15H17NO4S/c17-6-8-20-13(14-2-1-9-21-14)10-16-15(18)4-3-12-5-7-19-11-12/h1-5,7,9,11,13,17H,6,8,10H2,(H,16,18)/b4-3+. The molecule has 1 unspecified atom stereocenters. The van der Waals surface area contributed by atoms with Crippen LogP contribution in [0.5, 0.6) is 0 Å². The third-order valence-corrected chi connectivity index (χ3v) is 3.67. The molecule has 112 valence electrons. The van der Waals surface area contributed by atoms with Crippen LogP contribution >= 0.6 is 11.3 Å². The first-order chi connectivity index (χ1) is 10.3. The van der Waals surface area contributed by atoms with Gasteiger partial charge in [-0.05, 0) is 23.6 Å². The second kappa shape index (κ2) is 8.41. The van der Waals surface area contributed by atoms with Crippen LogP contribution in [0.25, 0.3) is 6.08 Å². The lowest BCUT2D eigenvalue weighted by Crippen LogP contribution is -2.28. The monoisotopic (exact) mass is 307 g/mol. The van der Waals surface area contributed by atoms with E-state index in [1.54, 1.807) is 36.0 Å². The molecule has 2 N–H and O–H groups in total. The molecule has 21 heavy (non-hydrogen) atoms. The number of furan rings is 1. The zero-order chi connectivity index (χ0) is 14.9. The fraction of sp³-hybridized carbons (Fsp3) is 0.267. The SMILES string of the molecule is O=C(/C=C/c1ccoc1)NCC(OCCO)c1cccs1. The van der Waals surface area contributed by atoms with Crippen molar-refractivity contribution in [2.75, 3.05) is 19.8 Å².